The molecule has 0 saturated carbocycles. The van der Waals surface area contributed by atoms with E-state index in [1.54, 1.807) is 24.3 Å². The molecule has 1 amide bonds. The maximum Gasteiger partial charge on any atom is 0.322 e. The van der Waals surface area contributed by atoms with Crippen LogP contribution in [0.15, 0.2) is 53.0 Å². The average molecular weight is 424 g/mol. The first-order chi connectivity index (χ1) is 15.0. The Hall–Kier alpha value is -4.21. The van der Waals surface area contributed by atoms with Gasteiger partial charge in [-0.25, -0.2) is 0 Å². The summed E-state index contributed by atoms with van der Waals surface area (Å²) in [4.78, 5) is 22.4. The monoisotopic (exact) mass is 424 g/mol. The molecule has 0 aliphatic carbocycles. The topological polar surface area (TPSA) is 130 Å². The molecule has 3 rings (SSSR count). The second-order valence-corrected chi connectivity index (χ2v) is 6.11. The molecule has 0 aliphatic heterocycles. The Morgan fingerprint density at radius 1 is 1.13 bits per heavy atom. The molecule has 1 N–H and O–H groups in total. The van der Waals surface area contributed by atoms with Crippen molar-refractivity contribution in [1.29, 1.82) is 0 Å². The molecule has 31 heavy (non-hydrogen) atoms. The molecule has 0 radical (unpaired) electrons. The van der Waals surface area contributed by atoms with Gasteiger partial charge in [-0.2, -0.15) is 0 Å². The average Bonchev–Trinajstić information content (AvgIpc) is 3.22. The summed E-state index contributed by atoms with van der Waals surface area (Å²) in [5, 5.41) is 21.0. The van der Waals surface area contributed by atoms with E-state index in [9.17, 15) is 14.9 Å². The van der Waals surface area contributed by atoms with Gasteiger partial charge in [-0.15, -0.1) is 5.10 Å². The van der Waals surface area contributed by atoms with E-state index in [1.165, 1.54) is 30.4 Å². The van der Waals surface area contributed by atoms with Crippen molar-refractivity contribution >= 4 is 23.7 Å². The van der Waals surface area contributed by atoms with E-state index in [-0.39, 0.29) is 17.6 Å². The van der Waals surface area contributed by atoms with Crippen LogP contribution in [-0.4, -0.2) is 34.2 Å². The summed E-state index contributed by atoms with van der Waals surface area (Å²) in [7, 11) is 0. The number of carbonyl (C=O) groups excluding carboxylic acids is 1. The van der Waals surface area contributed by atoms with Gasteiger partial charge in [0.1, 0.15) is 0 Å². The molecule has 3 aromatic rings. The van der Waals surface area contributed by atoms with Crippen molar-refractivity contribution in [2.24, 2.45) is 0 Å². The highest BCUT2D eigenvalue weighted by molar-refractivity contribution is 6.00. The van der Waals surface area contributed by atoms with Crippen molar-refractivity contribution in [2.45, 2.75) is 13.8 Å². The lowest BCUT2D eigenvalue weighted by molar-refractivity contribution is -0.384. The second-order valence-electron chi connectivity index (χ2n) is 6.11. The number of anilines is 1. The second kappa shape index (κ2) is 10.0. The van der Waals surface area contributed by atoms with Gasteiger partial charge in [0.2, 0.25) is 5.89 Å². The number of carbonyl (C=O) groups is 1. The fourth-order valence-electron chi connectivity index (χ4n) is 2.64. The van der Waals surface area contributed by atoms with E-state index in [0.29, 0.717) is 35.8 Å². The summed E-state index contributed by atoms with van der Waals surface area (Å²) < 4.78 is 16.6. The van der Waals surface area contributed by atoms with Crippen molar-refractivity contribution in [1.82, 2.24) is 10.2 Å². The Morgan fingerprint density at radius 2 is 1.90 bits per heavy atom. The summed E-state index contributed by atoms with van der Waals surface area (Å²) in [5.74, 6) is 0.823. The van der Waals surface area contributed by atoms with Crippen molar-refractivity contribution in [3.8, 4) is 23.0 Å². The summed E-state index contributed by atoms with van der Waals surface area (Å²) in [6.07, 6.45) is 2.66. The highest BCUT2D eigenvalue weighted by atomic mass is 16.6. The molecule has 1 aromatic heterocycles. The van der Waals surface area contributed by atoms with E-state index < -0.39 is 10.8 Å². The minimum absolute atomic E-state index is 0.0640. The number of hydrogen-bond acceptors (Lipinski definition) is 8. The number of ether oxygens (including phenoxy) is 2. The zero-order chi connectivity index (χ0) is 22.2. The van der Waals surface area contributed by atoms with E-state index in [1.807, 2.05) is 13.8 Å². The molecule has 0 atom stereocenters. The fraction of sp³-hybridized carbons (Fsp3) is 0.190. The number of amides is 1. The number of hydrogen-bond donors (Lipinski definition) is 1. The molecule has 160 valence electrons. The minimum atomic E-state index is -0.525. The van der Waals surface area contributed by atoms with Crippen LogP contribution in [0.4, 0.5) is 11.7 Å². The maximum absolute atomic E-state index is 12.1. The molecular formula is C21H20N4O6. The molecular weight excluding hydrogens is 404 g/mol. The Bertz CT molecular complexity index is 1110. The van der Waals surface area contributed by atoms with Crippen LogP contribution in [0.1, 0.15) is 19.4 Å². The van der Waals surface area contributed by atoms with Gasteiger partial charge in [-0.1, -0.05) is 17.2 Å². The molecule has 0 spiro atoms. The quantitative estimate of drug-likeness (QED) is 0.309. The smallest absolute Gasteiger partial charge is 0.322 e. The van der Waals surface area contributed by atoms with Crippen LogP contribution in [0, 0.1) is 10.1 Å². The zero-order valence-electron chi connectivity index (χ0n) is 16.9. The van der Waals surface area contributed by atoms with Crippen molar-refractivity contribution in [2.75, 3.05) is 18.5 Å². The fourth-order valence-corrected chi connectivity index (χ4v) is 2.64. The van der Waals surface area contributed by atoms with Gasteiger partial charge in [0.15, 0.2) is 11.5 Å². The first-order valence-electron chi connectivity index (χ1n) is 9.47. The predicted molar refractivity (Wildman–Crippen MR) is 113 cm³/mol. The number of non-ortho nitro benzene ring substituents is 1. The van der Waals surface area contributed by atoms with Crippen LogP contribution >= 0.6 is 0 Å². The van der Waals surface area contributed by atoms with Gasteiger partial charge in [0.25, 0.3) is 11.6 Å². The summed E-state index contributed by atoms with van der Waals surface area (Å²) in [5.41, 5.74) is 1.05. The van der Waals surface area contributed by atoms with Crippen LogP contribution in [-0.2, 0) is 4.79 Å². The van der Waals surface area contributed by atoms with Gasteiger partial charge < -0.3 is 13.9 Å². The Labute approximate surface area is 177 Å². The third-order valence-corrected chi connectivity index (χ3v) is 3.95. The molecule has 1 heterocycles. The Balaban J connectivity index is 1.69. The Kier molecular flexibility index (Phi) is 6.94. The molecule has 0 aliphatic rings. The standard InChI is InChI=1S/C21H20N4O6/c1-3-29-17-10-9-15(13-18(17)30-4-2)20-23-24-21(31-20)22-19(26)11-8-14-6-5-7-16(12-14)25(27)28/h5-13H,3-4H2,1-2H3,(H,22,24,26)/b11-8+. The number of rotatable bonds is 9. The number of nitro benzene ring substituents is 1. The molecule has 0 bridgehead atoms. The lowest BCUT2D eigenvalue weighted by Gasteiger charge is -2.11. The third-order valence-electron chi connectivity index (χ3n) is 3.95. The van der Waals surface area contributed by atoms with Crippen molar-refractivity contribution in [3.63, 3.8) is 0 Å². The Morgan fingerprint density at radius 3 is 2.65 bits per heavy atom. The van der Waals surface area contributed by atoms with E-state index in [4.69, 9.17) is 13.9 Å². The number of benzene rings is 2. The van der Waals surface area contributed by atoms with E-state index in [0.717, 1.165) is 0 Å². The molecule has 0 fully saturated rings. The van der Waals surface area contributed by atoms with Gasteiger partial charge >= 0.3 is 6.01 Å². The minimum Gasteiger partial charge on any atom is -0.490 e. The first kappa shape index (κ1) is 21.5. The zero-order valence-corrected chi connectivity index (χ0v) is 16.9. The lowest BCUT2D eigenvalue weighted by atomic mass is 10.2. The highest BCUT2D eigenvalue weighted by Gasteiger charge is 2.14. The number of nitrogens with zero attached hydrogens (tertiary/aromatic N) is 3. The third kappa shape index (κ3) is 5.66. The van der Waals surface area contributed by atoms with Crippen molar-refractivity contribution in [3.05, 3.63) is 64.2 Å². The molecule has 0 saturated heterocycles. The molecule has 10 nitrogen and oxygen atoms in total. The number of nitro groups is 1. The van der Waals surface area contributed by atoms with Crippen LogP contribution < -0.4 is 14.8 Å². The van der Waals surface area contributed by atoms with Gasteiger partial charge in [0.05, 0.1) is 18.1 Å². The SMILES string of the molecule is CCOc1ccc(-c2nnc(NC(=O)/C=C/c3cccc([N+](=O)[O-])c3)o2)cc1OCC. The number of aromatic nitrogens is 2. The molecule has 0 unspecified atom stereocenters. The molecule has 10 heteroatoms. The van der Waals surface area contributed by atoms with Crippen molar-refractivity contribution < 1.29 is 23.6 Å². The lowest BCUT2D eigenvalue weighted by Crippen LogP contribution is -2.07. The summed E-state index contributed by atoms with van der Waals surface area (Å²) in [6, 6.07) is 11.0. The van der Waals surface area contributed by atoms with Crippen LogP contribution in [0.2, 0.25) is 0 Å². The largest absolute Gasteiger partial charge is 0.490 e. The predicted octanol–water partition coefficient (Wildman–Crippen LogP) is 4.09. The van der Waals surface area contributed by atoms with Gasteiger partial charge in [-0.05, 0) is 43.7 Å². The summed E-state index contributed by atoms with van der Waals surface area (Å²) in [6.45, 7) is 4.71. The number of nitrogens with one attached hydrogen (secondary N) is 1. The van der Waals surface area contributed by atoms with Crippen LogP contribution in [0.5, 0.6) is 11.5 Å². The van der Waals surface area contributed by atoms with E-state index >= 15 is 0 Å². The normalized spacial score (nSPS) is 10.8. The van der Waals surface area contributed by atoms with E-state index in [2.05, 4.69) is 15.5 Å². The van der Waals surface area contributed by atoms with Gasteiger partial charge in [-0.3, -0.25) is 20.2 Å². The first-order valence-corrected chi connectivity index (χ1v) is 9.47. The highest BCUT2D eigenvalue weighted by Crippen LogP contribution is 2.32. The molecule has 2 aromatic carbocycles. The summed E-state index contributed by atoms with van der Waals surface area (Å²) >= 11 is 0. The maximum atomic E-state index is 12.1. The van der Waals surface area contributed by atoms with Crippen LogP contribution in [0.3, 0.4) is 0 Å². The van der Waals surface area contributed by atoms with Crippen LogP contribution in [0.25, 0.3) is 17.5 Å². The van der Waals surface area contributed by atoms with Gasteiger partial charge in [0, 0.05) is 23.8 Å².